The van der Waals surface area contributed by atoms with Crippen molar-refractivity contribution in [1.82, 2.24) is 15.2 Å². The number of halogens is 1. The number of fused-ring (bicyclic) bond motifs is 1. The smallest absolute Gasteiger partial charge is 0.114 e. The van der Waals surface area contributed by atoms with Gasteiger partial charge in [0.05, 0.1) is 11.7 Å². The van der Waals surface area contributed by atoms with Gasteiger partial charge >= 0.3 is 0 Å². The Bertz CT molecular complexity index is 720. The van der Waals surface area contributed by atoms with Gasteiger partial charge in [-0.2, -0.15) is 0 Å². The summed E-state index contributed by atoms with van der Waals surface area (Å²) in [6, 6.07) is 8.55. The summed E-state index contributed by atoms with van der Waals surface area (Å²) in [7, 11) is 0. The van der Waals surface area contributed by atoms with Crippen molar-refractivity contribution >= 4 is 39.3 Å². The van der Waals surface area contributed by atoms with Crippen LogP contribution in [0.15, 0.2) is 29.3 Å². The van der Waals surface area contributed by atoms with Gasteiger partial charge in [-0.3, -0.25) is 4.99 Å². The quantitative estimate of drug-likeness (QED) is 0.892. The van der Waals surface area contributed by atoms with Gasteiger partial charge in [0.1, 0.15) is 5.04 Å². The number of hydrogen-bond acceptors (Lipinski definition) is 4. The van der Waals surface area contributed by atoms with E-state index in [0.717, 1.165) is 58.5 Å². The van der Waals surface area contributed by atoms with E-state index in [2.05, 4.69) is 21.3 Å². The minimum Gasteiger partial charge on any atom is -0.353 e. The zero-order valence-corrected chi connectivity index (χ0v) is 14.6. The van der Waals surface area contributed by atoms with Gasteiger partial charge in [-0.05, 0) is 30.7 Å². The first-order chi connectivity index (χ1) is 11.3. The molecular weight excluding hydrogens is 328 g/mol. The molecule has 0 amide bonds. The highest BCUT2D eigenvalue weighted by Crippen LogP contribution is 2.28. The first-order valence-corrected chi connectivity index (χ1v) is 9.56. The lowest BCUT2D eigenvalue weighted by atomic mass is 10.2. The molecule has 1 aromatic heterocycles. The molecular formula is C17H21ClN4S. The summed E-state index contributed by atoms with van der Waals surface area (Å²) < 4.78 is 0. The number of H-pyrrole nitrogens is 1. The highest BCUT2D eigenvalue weighted by atomic mass is 35.5. The Labute approximate surface area is 145 Å². The van der Waals surface area contributed by atoms with Gasteiger partial charge in [0.2, 0.25) is 0 Å². The number of nitrogens with zero attached hydrogens (tertiary/aromatic N) is 2. The molecule has 1 aromatic carbocycles. The Morgan fingerprint density at radius 2 is 2.13 bits per heavy atom. The number of aromatic amines is 1. The molecule has 0 spiro atoms. The van der Waals surface area contributed by atoms with Crippen molar-refractivity contribution in [3.05, 3.63) is 35.0 Å². The molecule has 4 rings (SSSR count). The van der Waals surface area contributed by atoms with Crippen molar-refractivity contribution in [3.63, 3.8) is 0 Å². The molecule has 2 aromatic rings. The summed E-state index contributed by atoms with van der Waals surface area (Å²) in [5.74, 6) is 1.09. The third-order valence-electron chi connectivity index (χ3n) is 4.51. The largest absolute Gasteiger partial charge is 0.353 e. The molecule has 0 bridgehead atoms. The fourth-order valence-electron chi connectivity index (χ4n) is 3.20. The molecule has 2 aliphatic heterocycles. The zero-order valence-electron chi connectivity index (χ0n) is 13.0. The molecule has 2 N–H and O–H groups in total. The van der Waals surface area contributed by atoms with Crippen LogP contribution in [0.2, 0.25) is 5.02 Å². The van der Waals surface area contributed by atoms with Crippen molar-refractivity contribution in [3.8, 4) is 0 Å². The van der Waals surface area contributed by atoms with E-state index >= 15 is 0 Å². The normalized spacial score (nSPS) is 22.7. The minimum absolute atomic E-state index is 0.444. The molecule has 4 nitrogen and oxygen atoms in total. The molecule has 0 unspecified atom stereocenters. The summed E-state index contributed by atoms with van der Waals surface area (Å²) in [6.45, 7) is 5.72. The second kappa shape index (κ2) is 6.85. The van der Waals surface area contributed by atoms with Crippen molar-refractivity contribution in [2.45, 2.75) is 12.5 Å². The van der Waals surface area contributed by atoms with E-state index in [-0.39, 0.29) is 0 Å². The minimum atomic E-state index is 0.444. The van der Waals surface area contributed by atoms with E-state index in [1.807, 2.05) is 30.0 Å². The predicted octanol–water partition coefficient (Wildman–Crippen LogP) is 2.98. The number of nitrogens with one attached hydrogen (secondary N) is 2. The van der Waals surface area contributed by atoms with E-state index in [1.54, 1.807) is 0 Å². The standard InChI is InChI=1S/C17H21ClN4S/c18-13-1-2-15-12(9-13)10-16(21-15)17-20-14(11-23-17)3-6-22-7-4-19-5-8-22/h1-2,9-10,14,19,21H,3-8,11H2/t14-/m1/s1. The number of rotatable bonds is 4. The molecule has 23 heavy (non-hydrogen) atoms. The fourth-order valence-corrected chi connectivity index (χ4v) is 4.46. The van der Waals surface area contributed by atoms with E-state index < -0.39 is 0 Å². The van der Waals surface area contributed by atoms with Crippen LogP contribution in [0.5, 0.6) is 0 Å². The van der Waals surface area contributed by atoms with E-state index in [9.17, 15) is 0 Å². The van der Waals surface area contributed by atoms with Gasteiger partial charge in [-0.25, -0.2) is 0 Å². The van der Waals surface area contributed by atoms with Crippen LogP contribution in [0.1, 0.15) is 12.1 Å². The first kappa shape index (κ1) is 15.5. The van der Waals surface area contributed by atoms with Gasteiger partial charge in [0.25, 0.3) is 0 Å². The van der Waals surface area contributed by atoms with Crippen LogP contribution in [0.3, 0.4) is 0 Å². The lowest BCUT2D eigenvalue weighted by molar-refractivity contribution is 0.235. The number of thioether (sulfide) groups is 1. The molecule has 0 saturated carbocycles. The number of benzene rings is 1. The van der Waals surface area contributed by atoms with Crippen molar-refractivity contribution < 1.29 is 0 Å². The third kappa shape index (κ3) is 3.58. The number of hydrogen-bond donors (Lipinski definition) is 2. The van der Waals surface area contributed by atoms with Crippen LogP contribution in [0, 0.1) is 0 Å². The maximum Gasteiger partial charge on any atom is 0.114 e. The SMILES string of the molecule is Clc1ccc2[nH]c(C3=N[C@H](CCN4CCNCC4)CS3)cc2c1. The van der Waals surface area contributed by atoms with Crippen LogP contribution in [-0.2, 0) is 0 Å². The molecule has 3 heterocycles. The van der Waals surface area contributed by atoms with Gasteiger partial charge in [-0.1, -0.05) is 11.6 Å². The molecule has 0 aliphatic carbocycles. The third-order valence-corrected chi connectivity index (χ3v) is 5.90. The highest BCUT2D eigenvalue weighted by molar-refractivity contribution is 8.14. The average molecular weight is 349 g/mol. The predicted molar refractivity (Wildman–Crippen MR) is 100 cm³/mol. The second-order valence-corrected chi connectivity index (χ2v) is 7.64. The fraction of sp³-hybridized carbons (Fsp3) is 0.471. The molecule has 1 atom stereocenters. The monoisotopic (exact) mass is 348 g/mol. The maximum absolute atomic E-state index is 6.07. The lowest BCUT2D eigenvalue weighted by Gasteiger charge is -2.27. The van der Waals surface area contributed by atoms with Gasteiger partial charge in [0, 0.05) is 54.4 Å². The molecule has 2 aliphatic rings. The number of aromatic nitrogens is 1. The summed E-state index contributed by atoms with van der Waals surface area (Å²) in [6.07, 6.45) is 1.16. The summed E-state index contributed by atoms with van der Waals surface area (Å²) >= 11 is 7.93. The number of piperazine rings is 1. The van der Waals surface area contributed by atoms with E-state index in [1.165, 1.54) is 13.1 Å². The second-order valence-electron chi connectivity index (χ2n) is 6.19. The van der Waals surface area contributed by atoms with Crippen molar-refractivity contribution in [2.24, 2.45) is 4.99 Å². The molecule has 122 valence electrons. The molecule has 1 saturated heterocycles. The van der Waals surface area contributed by atoms with E-state index in [0.29, 0.717) is 6.04 Å². The molecule has 6 heteroatoms. The van der Waals surface area contributed by atoms with Crippen LogP contribution in [-0.4, -0.2) is 59.4 Å². The van der Waals surface area contributed by atoms with Crippen LogP contribution in [0.25, 0.3) is 10.9 Å². The summed E-state index contributed by atoms with van der Waals surface area (Å²) in [5, 5.41) is 6.47. The number of aliphatic imine (C=N–C) groups is 1. The van der Waals surface area contributed by atoms with Gasteiger partial charge < -0.3 is 15.2 Å². The Morgan fingerprint density at radius 1 is 1.26 bits per heavy atom. The molecule has 0 radical (unpaired) electrons. The van der Waals surface area contributed by atoms with Crippen LogP contribution in [0.4, 0.5) is 0 Å². The van der Waals surface area contributed by atoms with Crippen molar-refractivity contribution in [2.75, 3.05) is 38.5 Å². The van der Waals surface area contributed by atoms with Crippen molar-refractivity contribution in [1.29, 1.82) is 0 Å². The Kier molecular flexibility index (Phi) is 4.62. The maximum atomic E-state index is 6.07. The van der Waals surface area contributed by atoms with Gasteiger partial charge in [-0.15, -0.1) is 11.8 Å². The van der Waals surface area contributed by atoms with Gasteiger partial charge in [0.15, 0.2) is 0 Å². The summed E-state index contributed by atoms with van der Waals surface area (Å²) in [5.41, 5.74) is 2.24. The van der Waals surface area contributed by atoms with E-state index in [4.69, 9.17) is 16.6 Å². The Balaban J connectivity index is 1.42. The van der Waals surface area contributed by atoms with Crippen LogP contribution >= 0.6 is 23.4 Å². The lowest BCUT2D eigenvalue weighted by Crippen LogP contribution is -2.44. The first-order valence-electron chi connectivity index (χ1n) is 8.20. The average Bonchev–Trinajstić information content (AvgIpc) is 3.20. The Hall–Kier alpha value is -1.01. The Morgan fingerprint density at radius 3 is 3.00 bits per heavy atom. The van der Waals surface area contributed by atoms with Crippen LogP contribution < -0.4 is 5.32 Å². The molecule has 1 fully saturated rings. The zero-order chi connectivity index (χ0) is 15.6. The topological polar surface area (TPSA) is 43.4 Å². The highest BCUT2D eigenvalue weighted by Gasteiger charge is 2.21. The summed E-state index contributed by atoms with van der Waals surface area (Å²) in [4.78, 5) is 10.9.